The molecule has 1 aromatic carbocycles. The summed E-state index contributed by atoms with van der Waals surface area (Å²) in [5.41, 5.74) is 7.22. The van der Waals surface area contributed by atoms with Crippen LogP contribution in [0.3, 0.4) is 0 Å². The Morgan fingerprint density at radius 3 is 2.92 bits per heavy atom. The highest BCUT2D eigenvalue weighted by molar-refractivity contribution is 5.87. The number of hydrogen-bond acceptors (Lipinski definition) is 2. The number of benzene rings is 1. The Labute approximate surface area is 70.3 Å². The van der Waals surface area contributed by atoms with Gasteiger partial charge in [0, 0.05) is 11.8 Å². The van der Waals surface area contributed by atoms with Gasteiger partial charge in [-0.05, 0) is 12.1 Å². The molecule has 0 spiro atoms. The number of carbonyl (C=O) groups is 1. The van der Waals surface area contributed by atoms with Gasteiger partial charge in [0.2, 0.25) is 0 Å². The van der Waals surface area contributed by atoms with E-state index < -0.39 is 6.03 Å². The Morgan fingerprint density at radius 1 is 1.58 bits per heavy atom. The topological polar surface area (TPSA) is 62.1 Å². The lowest BCUT2D eigenvalue weighted by Gasteiger charge is -2.02. The second-order valence-corrected chi connectivity index (χ2v) is 2.19. The molecule has 0 saturated heterocycles. The van der Waals surface area contributed by atoms with Gasteiger partial charge in [-0.2, -0.15) is 0 Å². The molecule has 2 N–H and O–H groups in total. The van der Waals surface area contributed by atoms with Gasteiger partial charge in [0.15, 0.2) is 0 Å². The van der Waals surface area contributed by atoms with Crippen molar-refractivity contribution in [2.75, 3.05) is 12.4 Å². The van der Waals surface area contributed by atoms with Gasteiger partial charge in [-0.1, -0.05) is 6.07 Å². The van der Waals surface area contributed by atoms with Crippen LogP contribution in [0.2, 0.25) is 0 Å². The summed E-state index contributed by atoms with van der Waals surface area (Å²) in [6, 6.07) is 6.01. The summed E-state index contributed by atoms with van der Waals surface area (Å²) in [4.78, 5) is 10.3. The van der Waals surface area contributed by atoms with Crippen LogP contribution in [0.1, 0.15) is 0 Å². The molecule has 0 saturated carbocycles. The predicted octanol–water partition coefficient (Wildman–Crippen LogP) is 1.51. The summed E-state index contributed by atoms with van der Waals surface area (Å²) in [6.45, 7) is 0. The molecule has 0 heterocycles. The Morgan fingerprint density at radius 2 is 2.33 bits per heavy atom. The van der Waals surface area contributed by atoms with Crippen LogP contribution < -0.4 is 15.8 Å². The van der Waals surface area contributed by atoms with Gasteiger partial charge in [-0.15, -0.1) is 0 Å². The zero-order chi connectivity index (χ0) is 8.97. The molecule has 0 aromatic heterocycles. The fraction of sp³-hybridized carbons (Fsp3) is 0.125. The lowest BCUT2D eigenvalue weighted by atomic mass is 10.3. The number of nitrogens with one attached hydrogen (secondary N) is 2. The summed E-state index contributed by atoms with van der Waals surface area (Å²) < 4.78 is 4.92. The smallest absolute Gasteiger partial charge is 0.337 e. The van der Waals surface area contributed by atoms with Crippen molar-refractivity contribution >= 4 is 11.7 Å². The molecule has 0 aliphatic rings. The maximum Gasteiger partial charge on any atom is 0.337 e. The standard InChI is InChI=1S/C8H9N2O2/c1-12-7-4-2-3-6(5-7)10-8(9)11/h2-5,9H,1H3,(H,10,11). The molecule has 0 aliphatic heterocycles. The minimum Gasteiger partial charge on any atom is -0.497 e. The van der Waals surface area contributed by atoms with E-state index in [4.69, 9.17) is 10.5 Å². The fourth-order valence-corrected chi connectivity index (χ4v) is 0.832. The molecule has 1 aromatic rings. The van der Waals surface area contributed by atoms with Gasteiger partial charge in [0.05, 0.1) is 7.11 Å². The van der Waals surface area contributed by atoms with Crippen molar-refractivity contribution in [1.29, 1.82) is 0 Å². The van der Waals surface area contributed by atoms with Crippen LogP contribution in [0.4, 0.5) is 10.5 Å². The average Bonchev–Trinajstić information content (AvgIpc) is 2.03. The van der Waals surface area contributed by atoms with E-state index in [-0.39, 0.29) is 0 Å². The van der Waals surface area contributed by atoms with Crippen LogP contribution in [-0.2, 0) is 0 Å². The summed E-state index contributed by atoms with van der Waals surface area (Å²) >= 11 is 0. The van der Waals surface area contributed by atoms with Gasteiger partial charge in [-0.3, -0.25) is 0 Å². The second kappa shape index (κ2) is 3.61. The SMILES string of the molecule is COc1cccc(NC([NH])=O)c1. The highest BCUT2D eigenvalue weighted by Gasteiger charge is 1.97. The van der Waals surface area contributed by atoms with Crippen LogP contribution in [0, 0.1) is 0 Å². The zero-order valence-electron chi connectivity index (χ0n) is 6.63. The average molecular weight is 165 g/mol. The first-order chi connectivity index (χ1) is 5.72. The van der Waals surface area contributed by atoms with Crippen molar-refractivity contribution in [1.82, 2.24) is 5.73 Å². The Kier molecular flexibility index (Phi) is 2.53. The molecule has 2 amide bonds. The van der Waals surface area contributed by atoms with Crippen LogP contribution in [-0.4, -0.2) is 13.1 Å². The lowest BCUT2D eigenvalue weighted by molar-refractivity contribution is 0.258. The molecular formula is C8H9N2O2. The van der Waals surface area contributed by atoms with Gasteiger partial charge in [0.25, 0.3) is 0 Å². The molecule has 0 aliphatic carbocycles. The molecule has 4 heteroatoms. The molecule has 0 unspecified atom stereocenters. The van der Waals surface area contributed by atoms with E-state index >= 15 is 0 Å². The molecule has 63 valence electrons. The molecule has 0 atom stereocenters. The van der Waals surface area contributed by atoms with E-state index in [1.165, 1.54) is 0 Å². The van der Waals surface area contributed by atoms with Gasteiger partial charge in [0.1, 0.15) is 5.75 Å². The largest absolute Gasteiger partial charge is 0.497 e. The number of carbonyl (C=O) groups excluding carboxylic acids is 1. The van der Waals surface area contributed by atoms with E-state index in [0.29, 0.717) is 11.4 Å². The lowest BCUT2D eigenvalue weighted by Crippen LogP contribution is -2.09. The second-order valence-electron chi connectivity index (χ2n) is 2.19. The van der Waals surface area contributed by atoms with Crippen molar-refractivity contribution in [2.24, 2.45) is 0 Å². The van der Waals surface area contributed by atoms with Crippen molar-refractivity contribution in [3.8, 4) is 5.75 Å². The summed E-state index contributed by atoms with van der Waals surface area (Å²) in [6.07, 6.45) is 0. The Bertz CT molecular complexity index is 286. The van der Waals surface area contributed by atoms with E-state index in [9.17, 15) is 4.79 Å². The van der Waals surface area contributed by atoms with Crippen LogP contribution in [0.25, 0.3) is 0 Å². The molecule has 12 heavy (non-hydrogen) atoms. The van der Waals surface area contributed by atoms with Crippen molar-refractivity contribution in [3.05, 3.63) is 24.3 Å². The van der Waals surface area contributed by atoms with E-state index in [1.807, 2.05) is 0 Å². The quantitative estimate of drug-likeness (QED) is 0.721. The number of ether oxygens (including phenoxy) is 1. The number of hydrogen-bond donors (Lipinski definition) is 1. The monoisotopic (exact) mass is 165 g/mol. The highest BCUT2D eigenvalue weighted by atomic mass is 16.5. The van der Waals surface area contributed by atoms with Crippen LogP contribution in [0.5, 0.6) is 5.75 Å². The summed E-state index contributed by atoms with van der Waals surface area (Å²) in [5.74, 6) is 0.654. The van der Waals surface area contributed by atoms with Crippen molar-refractivity contribution < 1.29 is 9.53 Å². The van der Waals surface area contributed by atoms with Crippen molar-refractivity contribution in [2.45, 2.75) is 0 Å². The predicted molar refractivity (Wildman–Crippen MR) is 45.1 cm³/mol. The first-order valence-corrected chi connectivity index (χ1v) is 3.39. The molecule has 0 bridgehead atoms. The van der Waals surface area contributed by atoms with E-state index in [0.717, 1.165) is 0 Å². The van der Waals surface area contributed by atoms with Gasteiger partial charge in [-0.25, -0.2) is 10.5 Å². The molecule has 0 fully saturated rings. The van der Waals surface area contributed by atoms with E-state index in [1.54, 1.807) is 31.4 Å². The maximum absolute atomic E-state index is 10.3. The number of anilines is 1. The minimum absolute atomic E-state index is 0.564. The van der Waals surface area contributed by atoms with Crippen LogP contribution >= 0.6 is 0 Å². The first kappa shape index (κ1) is 8.39. The number of methoxy groups -OCH3 is 1. The third-order valence-electron chi connectivity index (χ3n) is 1.33. The summed E-state index contributed by atoms with van der Waals surface area (Å²) in [7, 11) is 1.54. The zero-order valence-corrected chi connectivity index (χ0v) is 6.63. The number of rotatable bonds is 2. The molecular weight excluding hydrogens is 156 g/mol. The van der Waals surface area contributed by atoms with Gasteiger partial charge < -0.3 is 10.1 Å². The molecule has 1 rings (SSSR count). The Balaban J connectivity index is 2.79. The third-order valence-corrected chi connectivity index (χ3v) is 1.33. The molecule has 1 radical (unpaired) electrons. The van der Waals surface area contributed by atoms with E-state index in [2.05, 4.69) is 5.32 Å². The van der Waals surface area contributed by atoms with Crippen LogP contribution in [0.15, 0.2) is 24.3 Å². The maximum atomic E-state index is 10.3. The number of amides is 2. The van der Waals surface area contributed by atoms with Crippen molar-refractivity contribution in [3.63, 3.8) is 0 Å². The Hall–Kier alpha value is -1.71. The van der Waals surface area contributed by atoms with Gasteiger partial charge >= 0.3 is 6.03 Å². The third kappa shape index (κ3) is 2.16. The summed E-state index contributed by atoms with van der Waals surface area (Å²) in [5, 5.41) is 2.33. The normalized spacial score (nSPS) is 9.08. The minimum atomic E-state index is -0.830. The highest BCUT2D eigenvalue weighted by Crippen LogP contribution is 2.16. The first-order valence-electron chi connectivity index (χ1n) is 3.39. The fourth-order valence-electron chi connectivity index (χ4n) is 0.832. The number of urea groups is 1. The molecule has 4 nitrogen and oxygen atoms in total.